The van der Waals surface area contributed by atoms with Crippen LogP contribution in [0.5, 0.6) is 0 Å². The van der Waals surface area contributed by atoms with E-state index in [9.17, 15) is 4.79 Å². The van der Waals surface area contributed by atoms with Crippen LogP contribution in [-0.4, -0.2) is 33.7 Å². The average molecular weight is 367 g/mol. The van der Waals surface area contributed by atoms with Crippen molar-refractivity contribution in [2.24, 2.45) is 18.4 Å². The summed E-state index contributed by atoms with van der Waals surface area (Å²) >= 11 is 0. The smallest absolute Gasteiger partial charge is 0.225 e. The molecule has 1 aromatic heterocycles. The molecule has 144 valence electrons. The summed E-state index contributed by atoms with van der Waals surface area (Å²) < 4.78 is 1.98. The fourth-order valence-corrected chi connectivity index (χ4v) is 4.66. The number of amides is 1. The van der Waals surface area contributed by atoms with Gasteiger partial charge in [-0.2, -0.15) is 5.10 Å². The largest absolute Gasteiger partial charge is 0.348 e. The Bertz CT molecular complexity index is 863. The SMILES string of the molecule is Cc1cc(CN2C[C@@H]3[C@H](NC(=O)C(C)(C)C)c4ccccc4[C@@H]3C2)n(C)n1. The number of fused-ring (bicyclic) bond motifs is 3. The maximum Gasteiger partial charge on any atom is 0.225 e. The highest BCUT2D eigenvalue weighted by molar-refractivity contribution is 5.82. The number of carbonyl (C=O) groups excluding carboxylic acids is 1. The zero-order chi connectivity index (χ0) is 19.3. The molecule has 1 aromatic carbocycles. The summed E-state index contributed by atoms with van der Waals surface area (Å²) in [6.07, 6.45) is 0. The average Bonchev–Trinajstić information content (AvgIpc) is 3.22. The lowest BCUT2D eigenvalue weighted by Gasteiger charge is -2.26. The minimum absolute atomic E-state index is 0.108. The van der Waals surface area contributed by atoms with Crippen molar-refractivity contribution in [3.63, 3.8) is 0 Å². The minimum atomic E-state index is -0.377. The van der Waals surface area contributed by atoms with Crippen molar-refractivity contribution >= 4 is 5.91 Å². The van der Waals surface area contributed by atoms with Gasteiger partial charge < -0.3 is 5.32 Å². The maximum atomic E-state index is 12.7. The van der Waals surface area contributed by atoms with Crippen molar-refractivity contribution in [2.45, 2.75) is 46.2 Å². The van der Waals surface area contributed by atoms with Gasteiger partial charge >= 0.3 is 0 Å². The van der Waals surface area contributed by atoms with Crippen LogP contribution in [0.3, 0.4) is 0 Å². The second kappa shape index (κ2) is 6.48. The zero-order valence-electron chi connectivity index (χ0n) is 17.0. The monoisotopic (exact) mass is 366 g/mol. The molecular weight excluding hydrogens is 336 g/mol. The standard InChI is InChI=1S/C22H30N4O/c1-14-10-15(25(5)24-14)11-26-12-18-16-8-6-7-9-17(16)20(19(18)13-26)23-21(27)22(2,3)4/h6-10,18-20H,11-13H2,1-5H3,(H,23,27)/t18-,19-,20+/m0/s1. The summed E-state index contributed by atoms with van der Waals surface area (Å²) in [7, 11) is 2.01. The third-order valence-corrected chi connectivity index (χ3v) is 6.05. The molecule has 1 amide bonds. The molecule has 0 radical (unpaired) electrons. The molecule has 27 heavy (non-hydrogen) atoms. The van der Waals surface area contributed by atoms with Crippen LogP contribution in [0.4, 0.5) is 0 Å². The number of hydrogen-bond donors (Lipinski definition) is 1. The summed E-state index contributed by atoms with van der Waals surface area (Å²) in [6.45, 7) is 10.9. The second-order valence-electron chi connectivity index (χ2n) is 9.20. The van der Waals surface area contributed by atoms with E-state index in [1.807, 2.05) is 39.4 Å². The van der Waals surface area contributed by atoms with Gasteiger partial charge in [-0.25, -0.2) is 0 Å². The highest BCUT2D eigenvalue weighted by atomic mass is 16.2. The van der Waals surface area contributed by atoms with Crippen LogP contribution in [-0.2, 0) is 18.4 Å². The number of carbonyl (C=O) groups is 1. The number of aryl methyl sites for hydroxylation is 2. The quantitative estimate of drug-likeness (QED) is 0.908. The molecule has 2 aliphatic rings. The van der Waals surface area contributed by atoms with E-state index in [1.54, 1.807) is 0 Å². The van der Waals surface area contributed by atoms with Crippen LogP contribution in [0.2, 0.25) is 0 Å². The van der Waals surface area contributed by atoms with E-state index in [1.165, 1.54) is 16.8 Å². The lowest BCUT2D eigenvalue weighted by molar-refractivity contribution is -0.129. The van der Waals surface area contributed by atoms with Gasteiger partial charge in [0.05, 0.1) is 17.4 Å². The number of likely N-dealkylation sites (tertiary alicyclic amines) is 1. The molecule has 1 aliphatic heterocycles. The maximum absolute atomic E-state index is 12.7. The highest BCUT2D eigenvalue weighted by Crippen LogP contribution is 2.49. The fraction of sp³-hybridized carbons (Fsp3) is 0.545. The van der Waals surface area contributed by atoms with Crippen LogP contribution < -0.4 is 5.32 Å². The van der Waals surface area contributed by atoms with Gasteiger partial charge in [0.1, 0.15) is 0 Å². The lowest BCUT2D eigenvalue weighted by atomic mass is 9.91. The van der Waals surface area contributed by atoms with Gasteiger partial charge in [-0.1, -0.05) is 45.0 Å². The molecule has 5 nitrogen and oxygen atoms in total. The van der Waals surface area contributed by atoms with Crippen molar-refractivity contribution in [3.05, 3.63) is 52.8 Å². The molecule has 0 saturated carbocycles. The van der Waals surface area contributed by atoms with Crippen LogP contribution in [0.15, 0.2) is 30.3 Å². The van der Waals surface area contributed by atoms with Crippen molar-refractivity contribution in [2.75, 3.05) is 13.1 Å². The van der Waals surface area contributed by atoms with Crippen LogP contribution in [0, 0.1) is 18.3 Å². The summed E-state index contributed by atoms with van der Waals surface area (Å²) in [5, 5.41) is 7.84. The Morgan fingerprint density at radius 3 is 2.56 bits per heavy atom. The number of rotatable bonds is 3. The van der Waals surface area contributed by atoms with Crippen LogP contribution in [0.1, 0.15) is 55.2 Å². The number of hydrogen-bond acceptors (Lipinski definition) is 3. The molecule has 3 atom stereocenters. The Balaban J connectivity index is 1.57. The van der Waals surface area contributed by atoms with Crippen LogP contribution in [0.25, 0.3) is 0 Å². The number of benzene rings is 1. The van der Waals surface area contributed by atoms with Crippen molar-refractivity contribution < 1.29 is 4.79 Å². The number of aromatic nitrogens is 2. The molecule has 0 bridgehead atoms. The molecule has 2 heterocycles. The van der Waals surface area contributed by atoms with E-state index in [2.05, 4.69) is 45.6 Å². The van der Waals surface area contributed by atoms with Gasteiger partial charge in [-0.3, -0.25) is 14.4 Å². The number of nitrogens with one attached hydrogen (secondary N) is 1. The van der Waals surface area contributed by atoms with E-state index in [0.717, 1.165) is 25.3 Å². The van der Waals surface area contributed by atoms with Gasteiger partial charge in [0, 0.05) is 43.9 Å². The van der Waals surface area contributed by atoms with Gasteiger partial charge in [0.25, 0.3) is 0 Å². The van der Waals surface area contributed by atoms with Crippen molar-refractivity contribution in [3.8, 4) is 0 Å². The van der Waals surface area contributed by atoms with Gasteiger partial charge in [-0.15, -0.1) is 0 Å². The van der Waals surface area contributed by atoms with Gasteiger partial charge in [0.2, 0.25) is 5.91 Å². The fourth-order valence-electron chi connectivity index (χ4n) is 4.66. The lowest BCUT2D eigenvalue weighted by Crippen LogP contribution is -2.40. The predicted octanol–water partition coefficient (Wildman–Crippen LogP) is 3.16. The van der Waals surface area contributed by atoms with E-state index in [0.29, 0.717) is 11.8 Å². The first-order valence-electron chi connectivity index (χ1n) is 9.85. The first kappa shape index (κ1) is 18.2. The molecule has 4 rings (SSSR count). The Hall–Kier alpha value is -2.14. The van der Waals surface area contributed by atoms with Crippen molar-refractivity contribution in [1.29, 1.82) is 0 Å². The normalized spacial score (nSPS) is 24.7. The summed E-state index contributed by atoms with van der Waals surface area (Å²) in [4.78, 5) is 15.2. The van der Waals surface area contributed by atoms with Crippen LogP contribution >= 0.6 is 0 Å². The van der Waals surface area contributed by atoms with E-state index in [4.69, 9.17) is 0 Å². The Morgan fingerprint density at radius 1 is 1.22 bits per heavy atom. The van der Waals surface area contributed by atoms with Crippen molar-refractivity contribution in [1.82, 2.24) is 20.0 Å². The van der Waals surface area contributed by atoms with E-state index in [-0.39, 0.29) is 17.4 Å². The third kappa shape index (κ3) is 3.29. The zero-order valence-corrected chi connectivity index (χ0v) is 17.0. The topological polar surface area (TPSA) is 50.2 Å². The molecule has 2 aromatic rings. The number of nitrogens with zero attached hydrogens (tertiary/aromatic N) is 3. The summed E-state index contributed by atoms with van der Waals surface area (Å²) in [5.41, 5.74) is 4.65. The molecule has 5 heteroatoms. The Morgan fingerprint density at radius 2 is 1.93 bits per heavy atom. The van der Waals surface area contributed by atoms with E-state index < -0.39 is 0 Å². The molecule has 1 fully saturated rings. The molecule has 1 N–H and O–H groups in total. The first-order chi connectivity index (χ1) is 12.7. The molecule has 0 spiro atoms. The molecule has 1 saturated heterocycles. The predicted molar refractivity (Wildman–Crippen MR) is 106 cm³/mol. The highest BCUT2D eigenvalue weighted by Gasteiger charge is 2.47. The minimum Gasteiger partial charge on any atom is -0.348 e. The van der Waals surface area contributed by atoms with Gasteiger partial charge in [0.15, 0.2) is 0 Å². The molecule has 1 aliphatic carbocycles. The third-order valence-electron chi connectivity index (χ3n) is 6.05. The Labute approximate surface area is 161 Å². The van der Waals surface area contributed by atoms with E-state index >= 15 is 0 Å². The summed E-state index contributed by atoms with van der Waals surface area (Å²) in [5.74, 6) is 1.05. The molecule has 0 unspecified atom stereocenters. The second-order valence-corrected chi connectivity index (χ2v) is 9.20. The first-order valence-corrected chi connectivity index (χ1v) is 9.85. The van der Waals surface area contributed by atoms with Gasteiger partial charge in [-0.05, 0) is 24.1 Å². The summed E-state index contributed by atoms with van der Waals surface area (Å²) in [6, 6.07) is 10.9. The molecular formula is C22H30N4O. The Kier molecular flexibility index (Phi) is 4.38.